The smallest absolute Gasteiger partial charge is 0.289 e. The Morgan fingerprint density at radius 1 is 1.06 bits per heavy atom. The molecule has 11 heteroatoms. The summed E-state index contributed by atoms with van der Waals surface area (Å²) in [5.41, 5.74) is -0.643. The van der Waals surface area contributed by atoms with Crippen LogP contribution in [0.5, 0.6) is 0 Å². The number of nitrogens with zero attached hydrogens (tertiary/aromatic N) is 2. The summed E-state index contributed by atoms with van der Waals surface area (Å²) < 4.78 is 37.3. The average molecular weight is 467 g/mol. The normalized spacial score (nSPS) is 18.3. The molecule has 164 valence electrons. The number of carbonyl (C=O) groups is 1. The van der Waals surface area contributed by atoms with Gasteiger partial charge in [0.15, 0.2) is 5.79 Å². The molecule has 2 heterocycles. The van der Waals surface area contributed by atoms with Gasteiger partial charge in [0.25, 0.3) is 11.6 Å². The van der Waals surface area contributed by atoms with Gasteiger partial charge in [0.1, 0.15) is 4.90 Å². The highest BCUT2D eigenvalue weighted by molar-refractivity contribution is 7.91. The highest BCUT2D eigenvalue weighted by Gasteiger charge is 2.41. The fraction of sp³-hybridized carbons (Fsp3) is 0.350. The summed E-state index contributed by atoms with van der Waals surface area (Å²) in [6.45, 7) is 1.77. The number of rotatable bonds is 4. The summed E-state index contributed by atoms with van der Waals surface area (Å²) >= 11 is 5.99. The van der Waals surface area contributed by atoms with Crippen LogP contribution in [0.4, 0.5) is 5.69 Å². The first kappa shape index (κ1) is 21.7. The molecule has 1 amide bonds. The van der Waals surface area contributed by atoms with Gasteiger partial charge in [-0.2, -0.15) is 0 Å². The number of carbonyl (C=O) groups excluding carboxylic acids is 1. The molecule has 2 aromatic rings. The predicted octanol–water partition coefficient (Wildman–Crippen LogP) is 3.06. The largest absolute Gasteiger partial charge is 0.347 e. The molecule has 0 aliphatic carbocycles. The molecule has 9 nitrogen and oxygen atoms in total. The lowest BCUT2D eigenvalue weighted by Crippen LogP contribution is -2.47. The molecule has 0 atom stereocenters. The maximum Gasteiger partial charge on any atom is 0.289 e. The lowest BCUT2D eigenvalue weighted by molar-refractivity contribution is -0.387. The minimum atomic E-state index is -4.26. The summed E-state index contributed by atoms with van der Waals surface area (Å²) in [7, 11) is -4.26. The number of hydrogen-bond acceptors (Lipinski definition) is 7. The van der Waals surface area contributed by atoms with E-state index in [1.165, 1.54) is 24.3 Å². The molecule has 0 bridgehead atoms. The third-order valence-electron chi connectivity index (χ3n) is 5.44. The Hall–Kier alpha value is -2.53. The molecule has 2 aliphatic rings. The first-order valence-electron chi connectivity index (χ1n) is 9.59. The van der Waals surface area contributed by atoms with Crippen molar-refractivity contribution in [3.8, 4) is 0 Å². The number of likely N-dealkylation sites (tertiary alicyclic amines) is 1. The van der Waals surface area contributed by atoms with Crippen LogP contribution in [0, 0.1) is 10.1 Å². The van der Waals surface area contributed by atoms with E-state index < -0.39 is 37.0 Å². The Labute approximate surface area is 183 Å². The van der Waals surface area contributed by atoms with Crippen LogP contribution in [0.15, 0.2) is 52.3 Å². The van der Waals surface area contributed by atoms with Gasteiger partial charge in [-0.1, -0.05) is 23.7 Å². The van der Waals surface area contributed by atoms with Crippen LogP contribution in [-0.4, -0.2) is 56.2 Å². The van der Waals surface area contributed by atoms with E-state index in [0.717, 1.165) is 12.1 Å². The molecule has 2 aliphatic heterocycles. The summed E-state index contributed by atoms with van der Waals surface area (Å²) in [6.07, 6.45) is 1.000. The molecule has 2 aromatic carbocycles. The van der Waals surface area contributed by atoms with E-state index in [0.29, 0.717) is 39.1 Å². The van der Waals surface area contributed by atoms with E-state index in [1.54, 1.807) is 11.0 Å². The molecule has 0 unspecified atom stereocenters. The first-order valence-corrected chi connectivity index (χ1v) is 11.4. The molecule has 4 rings (SSSR count). The van der Waals surface area contributed by atoms with E-state index >= 15 is 0 Å². The summed E-state index contributed by atoms with van der Waals surface area (Å²) in [4.78, 5) is 24.5. The highest BCUT2D eigenvalue weighted by atomic mass is 35.5. The van der Waals surface area contributed by atoms with Gasteiger partial charge in [-0.3, -0.25) is 14.9 Å². The second kappa shape index (κ2) is 8.19. The van der Waals surface area contributed by atoms with Crippen molar-refractivity contribution in [2.75, 3.05) is 26.3 Å². The highest BCUT2D eigenvalue weighted by Crippen LogP contribution is 2.35. The van der Waals surface area contributed by atoms with Crippen LogP contribution in [0.2, 0.25) is 5.02 Å². The predicted molar refractivity (Wildman–Crippen MR) is 110 cm³/mol. The maximum atomic E-state index is 13.0. The zero-order chi connectivity index (χ0) is 22.2. The molecule has 0 radical (unpaired) electrons. The number of amides is 1. The molecule has 31 heavy (non-hydrogen) atoms. The van der Waals surface area contributed by atoms with Gasteiger partial charge in [0.2, 0.25) is 9.84 Å². The number of nitro benzene ring substituents is 1. The standard InChI is InChI=1S/C20H19ClN2O7S/c21-15-3-1-2-4-17(15)31(27,28)18-6-5-14(13-16(18)23(25)26)19(24)22-9-7-20(8-10-22)29-11-12-30-20/h1-6,13H,7-12H2. The lowest BCUT2D eigenvalue weighted by atomic mass is 10.0. The Morgan fingerprint density at radius 2 is 1.71 bits per heavy atom. The van der Waals surface area contributed by atoms with Crippen LogP contribution < -0.4 is 0 Å². The Kier molecular flexibility index (Phi) is 5.73. The quantitative estimate of drug-likeness (QED) is 0.502. The van der Waals surface area contributed by atoms with Crippen LogP contribution in [0.1, 0.15) is 23.2 Å². The lowest BCUT2D eigenvalue weighted by Gasteiger charge is -2.37. The van der Waals surface area contributed by atoms with Crippen molar-refractivity contribution in [2.45, 2.75) is 28.4 Å². The van der Waals surface area contributed by atoms with Crippen molar-refractivity contribution < 1.29 is 27.6 Å². The fourth-order valence-corrected chi connectivity index (χ4v) is 5.74. The minimum absolute atomic E-state index is 0.0361. The van der Waals surface area contributed by atoms with Gasteiger partial charge in [-0.05, 0) is 24.3 Å². The van der Waals surface area contributed by atoms with Gasteiger partial charge in [0.05, 0.1) is 28.1 Å². The molecule has 1 spiro atoms. The fourth-order valence-electron chi connectivity index (χ4n) is 3.82. The number of hydrogen-bond donors (Lipinski definition) is 0. The minimum Gasteiger partial charge on any atom is -0.347 e. The average Bonchev–Trinajstić information content (AvgIpc) is 3.21. The van der Waals surface area contributed by atoms with Gasteiger partial charge < -0.3 is 14.4 Å². The SMILES string of the molecule is O=C(c1ccc(S(=O)(=O)c2ccccc2Cl)c([N+](=O)[O-])c1)N1CCC2(CC1)OCCO2. The molecular weight excluding hydrogens is 448 g/mol. The number of sulfone groups is 1. The van der Waals surface area contributed by atoms with Crippen LogP contribution in [0.25, 0.3) is 0 Å². The molecular formula is C20H19ClN2O7S. The van der Waals surface area contributed by atoms with Crippen LogP contribution in [-0.2, 0) is 19.3 Å². The van der Waals surface area contributed by atoms with Gasteiger partial charge >= 0.3 is 0 Å². The number of benzene rings is 2. The second-order valence-electron chi connectivity index (χ2n) is 7.27. The van der Waals surface area contributed by atoms with Crippen LogP contribution >= 0.6 is 11.6 Å². The topological polar surface area (TPSA) is 116 Å². The van der Waals surface area contributed by atoms with Crippen molar-refractivity contribution in [3.63, 3.8) is 0 Å². The monoisotopic (exact) mass is 466 g/mol. The van der Waals surface area contributed by atoms with Gasteiger partial charge in [-0.15, -0.1) is 0 Å². The second-order valence-corrected chi connectivity index (χ2v) is 9.57. The van der Waals surface area contributed by atoms with Crippen LogP contribution in [0.3, 0.4) is 0 Å². The van der Waals surface area contributed by atoms with E-state index in [9.17, 15) is 23.3 Å². The summed E-state index contributed by atoms with van der Waals surface area (Å²) in [6, 6.07) is 9.06. The molecule has 0 aromatic heterocycles. The Balaban J connectivity index is 1.63. The first-order chi connectivity index (χ1) is 14.7. The van der Waals surface area contributed by atoms with Crippen molar-refractivity contribution in [2.24, 2.45) is 0 Å². The van der Waals surface area contributed by atoms with Crippen molar-refractivity contribution in [1.82, 2.24) is 4.90 Å². The number of piperidine rings is 1. The number of ether oxygens (including phenoxy) is 2. The molecule has 2 fully saturated rings. The van der Waals surface area contributed by atoms with E-state index in [1.807, 2.05) is 0 Å². The molecule has 0 N–H and O–H groups in total. The van der Waals surface area contributed by atoms with Crippen molar-refractivity contribution in [3.05, 3.63) is 63.2 Å². The number of nitro groups is 1. The third kappa shape index (κ3) is 4.03. The maximum absolute atomic E-state index is 13.0. The molecule has 2 saturated heterocycles. The third-order valence-corrected chi connectivity index (χ3v) is 7.75. The Bertz CT molecular complexity index is 1140. The summed E-state index contributed by atoms with van der Waals surface area (Å²) in [5, 5.41) is 11.6. The zero-order valence-electron chi connectivity index (χ0n) is 16.3. The van der Waals surface area contributed by atoms with E-state index in [4.69, 9.17) is 21.1 Å². The van der Waals surface area contributed by atoms with Crippen molar-refractivity contribution >= 4 is 33.0 Å². The van der Waals surface area contributed by atoms with Gasteiger partial charge in [0, 0.05) is 37.6 Å². The van der Waals surface area contributed by atoms with E-state index in [2.05, 4.69) is 0 Å². The number of halogens is 1. The van der Waals surface area contributed by atoms with E-state index in [-0.39, 0.29) is 15.5 Å². The zero-order valence-corrected chi connectivity index (χ0v) is 17.9. The summed E-state index contributed by atoms with van der Waals surface area (Å²) in [5.74, 6) is -1.08. The van der Waals surface area contributed by atoms with Gasteiger partial charge in [-0.25, -0.2) is 8.42 Å². The van der Waals surface area contributed by atoms with Crippen molar-refractivity contribution in [1.29, 1.82) is 0 Å². The Morgan fingerprint density at radius 3 is 2.32 bits per heavy atom. The molecule has 0 saturated carbocycles.